The molecule has 108 valence electrons. The van der Waals surface area contributed by atoms with Gasteiger partial charge in [-0.15, -0.1) is 0 Å². The van der Waals surface area contributed by atoms with E-state index in [1.54, 1.807) is 4.57 Å². The summed E-state index contributed by atoms with van der Waals surface area (Å²) in [6.07, 6.45) is 3.20. The van der Waals surface area contributed by atoms with E-state index in [4.69, 9.17) is 4.74 Å². The third-order valence-corrected chi connectivity index (χ3v) is 3.76. The number of aliphatic hydroxyl groups is 1. The van der Waals surface area contributed by atoms with Crippen molar-refractivity contribution in [2.24, 2.45) is 0 Å². The second-order valence-corrected chi connectivity index (χ2v) is 7.13. The molecular formula is C15H19BrN2O2. The maximum absolute atomic E-state index is 10.3. The third-order valence-electron chi connectivity index (χ3n) is 3.35. The molecule has 1 saturated carbocycles. The molecule has 5 heteroatoms. The summed E-state index contributed by atoms with van der Waals surface area (Å²) in [6, 6.07) is 3.96. The Morgan fingerprint density at radius 3 is 2.75 bits per heavy atom. The Labute approximate surface area is 126 Å². The monoisotopic (exact) mass is 338 g/mol. The zero-order valence-electron chi connectivity index (χ0n) is 11.9. The summed E-state index contributed by atoms with van der Waals surface area (Å²) < 4.78 is 8.27. The Hall–Kier alpha value is -0.910. The van der Waals surface area contributed by atoms with Gasteiger partial charge in [0.25, 0.3) is 0 Å². The van der Waals surface area contributed by atoms with E-state index in [0.29, 0.717) is 5.92 Å². The molecule has 0 aliphatic heterocycles. The summed E-state index contributed by atoms with van der Waals surface area (Å²) in [5.74, 6) is 0.505. The van der Waals surface area contributed by atoms with Crippen molar-refractivity contribution in [1.82, 2.24) is 9.55 Å². The number of hydrogen-bond donors (Lipinski definition) is 1. The SMILES string of the molecule is CC(C)(C)OC(O)n1ccc2cc(Br)nc(C3CC3)c21. The van der Waals surface area contributed by atoms with Crippen molar-refractivity contribution in [1.29, 1.82) is 0 Å². The largest absolute Gasteiger partial charge is 0.351 e. The molecule has 0 amide bonds. The summed E-state index contributed by atoms with van der Waals surface area (Å²) in [4.78, 5) is 4.60. The standard InChI is InChI=1S/C15H19BrN2O2/c1-15(2,3)20-14(19)18-7-6-10-8-11(16)17-12(13(10)18)9-4-5-9/h6-9,14,19H,4-5H2,1-3H3. The lowest BCUT2D eigenvalue weighted by molar-refractivity contribution is -0.207. The van der Waals surface area contributed by atoms with E-state index in [-0.39, 0.29) is 0 Å². The van der Waals surface area contributed by atoms with Gasteiger partial charge in [-0.3, -0.25) is 4.57 Å². The first kappa shape index (κ1) is 14.0. The first-order valence-corrected chi connectivity index (χ1v) is 7.67. The minimum atomic E-state index is -0.993. The highest BCUT2D eigenvalue weighted by atomic mass is 79.9. The van der Waals surface area contributed by atoms with E-state index >= 15 is 0 Å². The van der Waals surface area contributed by atoms with Crippen molar-refractivity contribution in [3.63, 3.8) is 0 Å². The van der Waals surface area contributed by atoms with Crippen LogP contribution in [-0.4, -0.2) is 20.3 Å². The van der Waals surface area contributed by atoms with Gasteiger partial charge in [-0.25, -0.2) is 4.98 Å². The van der Waals surface area contributed by atoms with Gasteiger partial charge in [0.1, 0.15) is 4.60 Å². The van der Waals surface area contributed by atoms with Crippen LogP contribution >= 0.6 is 15.9 Å². The number of nitrogens with zero attached hydrogens (tertiary/aromatic N) is 2. The van der Waals surface area contributed by atoms with Crippen LogP contribution in [-0.2, 0) is 4.74 Å². The molecule has 2 aromatic heterocycles. The fourth-order valence-electron chi connectivity index (χ4n) is 2.39. The Morgan fingerprint density at radius 2 is 2.15 bits per heavy atom. The number of fused-ring (bicyclic) bond motifs is 1. The van der Waals surface area contributed by atoms with Gasteiger partial charge in [0.05, 0.1) is 16.8 Å². The number of aromatic nitrogens is 2. The predicted octanol–water partition coefficient (Wildman–Crippen LogP) is 3.94. The van der Waals surface area contributed by atoms with E-state index in [0.717, 1.165) is 21.2 Å². The van der Waals surface area contributed by atoms with Crippen LogP contribution in [0.3, 0.4) is 0 Å². The average molecular weight is 339 g/mol. The molecular weight excluding hydrogens is 320 g/mol. The lowest BCUT2D eigenvalue weighted by Gasteiger charge is -2.25. The highest BCUT2D eigenvalue weighted by Crippen LogP contribution is 2.43. The van der Waals surface area contributed by atoms with Gasteiger partial charge in [-0.2, -0.15) is 0 Å². The summed E-state index contributed by atoms with van der Waals surface area (Å²) in [5, 5.41) is 11.4. The van der Waals surface area contributed by atoms with Crippen molar-refractivity contribution in [2.45, 2.75) is 51.5 Å². The quantitative estimate of drug-likeness (QED) is 0.681. The molecule has 0 radical (unpaired) electrons. The molecule has 1 atom stereocenters. The molecule has 1 fully saturated rings. The van der Waals surface area contributed by atoms with Crippen LogP contribution in [0.2, 0.25) is 0 Å². The smallest absolute Gasteiger partial charge is 0.242 e. The number of pyridine rings is 1. The third kappa shape index (κ3) is 2.75. The summed E-state index contributed by atoms with van der Waals surface area (Å²) in [5.41, 5.74) is 1.63. The Morgan fingerprint density at radius 1 is 1.45 bits per heavy atom. The Balaban J connectivity index is 2.07. The number of ether oxygens (including phenoxy) is 1. The molecule has 1 aliphatic carbocycles. The molecule has 0 aromatic carbocycles. The summed E-state index contributed by atoms with van der Waals surface area (Å²) in [6.45, 7) is 5.79. The molecule has 2 heterocycles. The maximum atomic E-state index is 10.3. The van der Waals surface area contributed by atoms with Crippen molar-refractivity contribution < 1.29 is 9.84 Å². The van der Waals surface area contributed by atoms with Crippen LogP contribution in [0.1, 0.15) is 51.6 Å². The minimum absolute atomic E-state index is 0.404. The predicted molar refractivity (Wildman–Crippen MR) is 81.5 cm³/mol. The topological polar surface area (TPSA) is 47.3 Å². The van der Waals surface area contributed by atoms with Crippen molar-refractivity contribution in [3.8, 4) is 0 Å². The van der Waals surface area contributed by atoms with Crippen LogP contribution in [0.5, 0.6) is 0 Å². The fraction of sp³-hybridized carbons (Fsp3) is 0.533. The normalized spacial score (nSPS) is 17.6. The molecule has 1 unspecified atom stereocenters. The molecule has 20 heavy (non-hydrogen) atoms. The van der Waals surface area contributed by atoms with E-state index in [1.165, 1.54) is 12.8 Å². The molecule has 1 aliphatic rings. The minimum Gasteiger partial charge on any atom is -0.351 e. The molecule has 4 nitrogen and oxygen atoms in total. The van der Waals surface area contributed by atoms with Crippen molar-refractivity contribution >= 4 is 26.8 Å². The Bertz CT molecular complexity index is 641. The van der Waals surface area contributed by atoms with Crippen LogP contribution in [0.25, 0.3) is 10.9 Å². The summed E-state index contributed by atoms with van der Waals surface area (Å²) in [7, 11) is 0. The number of hydrogen-bond acceptors (Lipinski definition) is 3. The fourth-order valence-corrected chi connectivity index (χ4v) is 2.82. The highest BCUT2D eigenvalue weighted by molar-refractivity contribution is 9.10. The molecule has 0 bridgehead atoms. The van der Waals surface area contributed by atoms with Gasteiger partial charge in [0.15, 0.2) is 0 Å². The molecule has 3 rings (SSSR count). The lowest BCUT2D eigenvalue weighted by atomic mass is 10.2. The number of halogens is 1. The average Bonchev–Trinajstić information content (AvgIpc) is 3.06. The Kier molecular flexibility index (Phi) is 3.39. The first-order valence-electron chi connectivity index (χ1n) is 6.88. The molecule has 0 saturated heterocycles. The zero-order valence-corrected chi connectivity index (χ0v) is 13.5. The highest BCUT2D eigenvalue weighted by Gasteiger charge is 2.30. The van der Waals surface area contributed by atoms with Crippen LogP contribution < -0.4 is 0 Å². The second kappa shape index (κ2) is 4.83. The number of rotatable bonds is 3. The van der Waals surface area contributed by atoms with Gasteiger partial charge < -0.3 is 9.84 Å². The van der Waals surface area contributed by atoms with Crippen LogP contribution in [0, 0.1) is 0 Å². The van der Waals surface area contributed by atoms with Gasteiger partial charge in [0.2, 0.25) is 6.41 Å². The van der Waals surface area contributed by atoms with E-state index in [1.807, 2.05) is 39.1 Å². The van der Waals surface area contributed by atoms with Gasteiger partial charge in [-0.1, -0.05) is 0 Å². The van der Waals surface area contributed by atoms with E-state index < -0.39 is 12.0 Å². The summed E-state index contributed by atoms with van der Waals surface area (Å²) >= 11 is 3.46. The van der Waals surface area contributed by atoms with E-state index in [2.05, 4.69) is 20.9 Å². The molecule has 1 N–H and O–H groups in total. The van der Waals surface area contributed by atoms with Gasteiger partial charge in [0, 0.05) is 17.5 Å². The van der Waals surface area contributed by atoms with Crippen LogP contribution in [0.4, 0.5) is 0 Å². The zero-order chi connectivity index (χ0) is 14.5. The van der Waals surface area contributed by atoms with Gasteiger partial charge >= 0.3 is 0 Å². The molecule has 2 aromatic rings. The number of aliphatic hydroxyl groups excluding tert-OH is 1. The lowest BCUT2D eigenvalue weighted by Crippen LogP contribution is -2.25. The van der Waals surface area contributed by atoms with E-state index in [9.17, 15) is 5.11 Å². The maximum Gasteiger partial charge on any atom is 0.242 e. The van der Waals surface area contributed by atoms with Crippen molar-refractivity contribution in [3.05, 3.63) is 28.6 Å². The van der Waals surface area contributed by atoms with Gasteiger partial charge in [-0.05, 0) is 61.7 Å². The van der Waals surface area contributed by atoms with Crippen molar-refractivity contribution in [2.75, 3.05) is 0 Å². The second-order valence-electron chi connectivity index (χ2n) is 6.32. The first-order chi connectivity index (χ1) is 9.35. The van der Waals surface area contributed by atoms with Crippen LogP contribution in [0.15, 0.2) is 22.9 Å². The molecule has 0 spiro atoms.